The van der Waals surface area contributed by atoms with Crippen molar-refractivity contribution in [2.75, 3.05) is 46.3 Å². The minimum absolute atomic E-state index is 0.151. The number of ketones is 1. The number of nitrogens with one attached hydrogen (secondary N) is 3. The molecule has 0 aromatic carbocycles. The third kappa shape index (κ3) is 6.61. The molecule has 2 fully saturated rings. The molecule has 40 heavy (non-hydrogen) atoms. The van der Waals surface area contributed by atoms with Gasteiger partial charge < -0.3 is 20.9 Å². The first-order valence-corrected chi connectivity index (χ1v) is 15.3. The molecule has 5 aliphatic rings. The number of amides is 1. The van der Waals surface area contributed by atoms with Gasteiger partial charge in [-0.1, -0.05) is 31.7 Å². The maximum Gasteiger partial charge on any atom is 0.256 e. The Hall–Kier alpha value is -2.68. The van der Waals surface area contributed by atoms with E-state index in [1.54, 1.807) is 6.21 Å². The van der Waals surface area contributed by atoms with Gasteiger partial charge in [0.1, 0.15) is 0 Å². The Labute approximate surface area is 242 Å². The summed E-state index contributed by atoms with van der Waals surface area (Å²) >= 11 is 1.52. The lowest BCUT2D eigenvalue weighted by molar-refractivity contribution is -0.121. The Morgan fingerprint density at radius 1 is 1.20 bits per heavy atom. The first-order chi connectivity index (χ1) is 19.3. The lowest BCUT2D eigenvalue weighted by atomic mass is 9.94. The van der Waals surface area contributed by atoms with E-state index in [4.69, 9.17) is 4.99 Å². The van der Waals surface area contributed by atoms with Crippen molar-refractivity contribution in [2.45, 2.75) is 52.4 Å². The molecule has 2 saturated heterocycles. The lowest BCUT2D eigenvalue weighted by Gasteiger charge is -2.32. The van der Waals surface area contributed by atoms with Crippen LogP contribution in [0.1, 0.15) is 40.0 Å². The number of hydrogen-bond acceptors (Lipinski definition) is 8. The molecule has 1 amide bonds. The molecule has 2 aliphatic carbocycles. The van der Waals surface area contributed by atoms with Crippen LogP contribution in [-0.2, 0) is 9.59 Å². The zero-order chi connectivity index (χ0) is 28.2. The summed E-state index contributed by atoms with van der Waals surface area (Å²) in [6.07, 6.45) is 11.6. The quantitative estimate of drug-likeness (QED) is 0.238. The molecule has 0 spiro atoms. The number of thioether (sulfide) groups is 1. The molecular formula is C31H42N6O2S. The number of Topliss-reactive ketones (excluding diaryl/α,β-unsaturated/α-hetero) is 1. The van der Waals surface area contributed by atoms with E-state index in [9.17, 15) is 9.59 Å². The summed E-state index contributed by atoms with van der Waals surface area (Å²) in [6.45, 7) is 11.6. The number of likely N-dealkylation sites (tertiary alicyclic amines) is 2. The second-order valence-corrected chi connectivity index (χ2v) is 12.9. The summed E-state index contributed by atoms with van der Waals surface area (Å²) in [6, 6.07) is 0.324. The molecule has 5 rings (SSSR count). The molecule has 0 aromatic rings. The van der Waals surface area contributed by atoms with Crippen molar-refractivity contribution in [3.05, 3.63) is 62.3 Å². The topological polar surface area (TPSA) is 89.1 Å². The van der Waals surface area contributed by atoms with Crippen LogP contribution in [0.25, 0.3) is 0 Å². The maximum atomic E-state index is 14.1. The molecule has 3 unspecified atom stereocenters. The Morgan fingerprint density at radius 3 is 2.73 bits per heavy atom. The van der Waals surface area contributed by atoms with Crippen LogP contribution < -0.4 is 16.0 Å². The van der Waals surface area contributed by atoms with E-state index in [1.807, 2.05) is 31.2 Å². The number of carbonyl (C=O) groups excluding carboxylic acids is 2. The molecule has 8 nitrogen and oxygen atoms in total. The smallest absolute Gasteiger partial charge is 0.256 e. The number of allylic oxidation sites excluding steroid dienone is 7. The lowest BCUT2D eigenvalue weighted by Crippen LogP contribution is -2.47. The molecule has 3 N–H and O–H groups in total. The predicted octanol–water partition coefficient (Wildman–Crippen LogP) is 3.10. The number of nitrogens with zero attached hydrogens (tertiary/aromatic N) is 3. The number of carbonyl (C=O) groups is 2. The summed E-state index contributed by atoms with van der Waals surface area (Å²) in [5, 5.41) is 9.92. The van der Waals surface area contributed by atoms with Crippen LogP contribution >= 0.6 is 11.8 Å². The molecule has 214 valence electrons. The highest BCUT2D eigenvalue weighted by atomic mass is 32.2. The van der Waals surface area contributed by atoms with Crippen LogP contribution in [0.5, 0.6) is 0 Å². The average Bonchev–Trinajstić information content (AvgIpc) is 3.39. The second kappa shape index (κ2) is 12.9. The molecule has 3 heterocycles. The normalized spacial score (nSPS) is 29.0. The standard InChI is InChI=1S/C31H42N6O2S/c1-20(2)32-13-14-33-30(39)28-27(40-26-11-7-5-6-9-21(26)3)12-8-10-25-24(29(28)38)15-34-31(35-25)37-18-22-16-36(4)17-23(22)19-37/h5,7,9,11,15,20,22-23,31-32,35H,8,10,12-14,16-19H2,1-4H3,(H,33,39)/b28-27-. The molecule has 0 aromatic heterocycles. The summed E-state index contributed by atoms with van der Waals surface area (Å²) in [4.78, 5) is 39.2. The van der Waals surface area contributed by atoms with Gasteiger partial charge >= 0.3 is 0 Å². The Morgan fingerprint density at radius 2 is 1.98 bits per heavy atom. The molecule has 3 atom stereocenters. The Kier molecular flexibility index (Phi) is 9.28. The fraction of sp³-hybridized carbons (Fsp3) is 0.548. The monoisotopic (exact) mass is 562 g/mol. The van der Waals surface area contributed by atoms with Gasteiger partial charge in [0.2, 0.25) is 5.78 Å². The van der Waals surface area contributed by atoms with Gasteiger partial charge in [-0.3, -0.25) is 19.5 Å². The first kappa shape index (κ1) is 28.8. The van der Waals surface area contributed by atoms with Crippen LogP contribution in [0.4, 0.5) is 0 Å². The van der Waals surface area contributed by atoms with Crippen LogP contribution in [0.15, 0.2) is 67.3 Å². The van der Waals surface area contributed by atoms with Gasteiger partial charge in [-0.15, -0.1) is 5.73 Å². The summed E-state index contributed by atoms with van der Waals surface area (Å²) in [5.41, 5.74) is 5.86. The van der Waals surface area contributed by atoms with Crippen molar-refractivity contribution in [1.29, 1.82) is 0 Å². The highest BCUT2D eigenvalue weighted by Gasteiger charge is 2.42. The SMILES string of the molecule is CC1=C(S/C2=C(\C(=O)NCCNC(C)C)C(=O)C3=C(CCC2)NC(N2CC4CN(C)CC4C2)N=C3)C=CC=C=C1. The number of hydrogen-bond donors (Lipinski definition) is 3. The molecule has 9 heteroatoms. The van der Waals surface area contributed by atoms with Crippen molar-refractivity contribution in [1.82, 2.24) is 25.8 Å². The van der Waals surface area contributed by atoms with Crippen LogP contribution in [0.2, 0.25) is 0 Å². The van der Waals surface area contributed by atoms with E-state index in [0.29, 0.717) is 43.0 Å². The highest BCUT2D eigenvalue weighted by Crippen LogP contribution is 2.39. The predicted molar refractivity (Wildman–Crippen MR) is 163 cm³/mol. The van der Waals surface area contributed by atoms with Crippen molar-refractivity contribution in [3.8, 4) is 0 Å². The molecule has 3 aliphatic heterocycles. The average molecular weight is 563 g/mol. The largest absolute Gasteiger partial charge is 0.354 e. The number of rotatable bonds is 8. The van der Waals surface area contributed by atoms with Crippen LogP contribution in [0, 0.1) is 11.8 Å². The Balaban J connectivity index is 1.38. The number of fused-ring (bicyclic) bond motifs is 1. The van der Waals surface area contributed by atoms with Crippen LogP contribution in [0.3, 0.4) is 0 Å². The van der Waals surface area contributed by atoms with Gasteiger partial charge in [0, 0.05) is 67.0 Å². The van der Waals surface area contributed by atoms with Gasteiger partial charge in [-0.05, 0) is 68.9 Å². The first-order valence-electron chi connectivity index (χ1n) is 14.5. The second-order valence-electron chi connectivity index (χ2n) is 11.7. The van der Waals surface area contributed by atoms with Crippen molar-refractivity contribution in [2.24, 2.45) is 16.8 Å². The third-order valence-corrected chi connectivity index (χ3v) is 9.48. The fourth-order valence-electron chi connectivity index (χ4n) is 6.13. The van der Waals surface area contributed by atoms with E-state index in [-0.39, 0.29) is 23.6 Å². The summed E-state index contributed by atoms with van der Waals surface area (Å²) in [7, 11) is 2.20. The van der Waals surface area contributed by atoms with E-state index in [0.717, 1.165) is 60.1 Å². The molecular weight excluding hydrogens is 520 g/mol. The minimum atomic E-state index is -0.316. The van der Waals surface area contributed by atoms with E-state index >= 15 is 0 Å². The highest BCUT2D eigenvalue weighted by molar-refractivity contribution is 8.07. The Bertz CT molecular complexity index is 1240. The van der Waals surface area contributed by atoms with Crippen molar-refractivity contribution < 1.29 is 9.59 Å². The molecule has 0 radical (unpaired) electrons. The van der Waals surface area contributed by atoms with E-state index in [2.05, 4.69) is 52.4 Å². The zero-order valence-electron chi connectivity index (χ0n) is 24.1. The van der Waals surface area contributed by atoms with Gasteiger partial charge in [0.25, 0.3) is 5.91 Å². The van der Waals surface area contributed by atoms with Gasteiger partial charge in [0.15, 0.2) is 6.29 Å². The van der Waals surface area contributed by atoms with Gasteiger partial charge in [-0.25, -0.2) is 0 Å². The molecule has 0 bridgehead atoms. The number of aliphatic imine (C=N–C) groups is 1. The van der Waals surface area contributed by atoms with Crippen molar-refractivity contribution in [3.63, 3.8) is 0 Å². The zero-order valence-corrected chi connectivity index (χ0v) is 24.9. The van der Waals surface area contributed by atoms with Gasteiger partial charge in [0.05, 0.1) is 11.1 Å². The fourth-order valence-corrected chi connectivity index (χ4v) is 7.29. The van der Waals surface area contributed by atoms with Gasteiger partial charge in [-0.2, -0.15) is 0 Å². The maximum absolute atomic E-state index is 14.1. The summed E-state index contributed by atoms with van der Waals surface area (Å²) < 4.78 is 0. The van der Waals surface area contributed by atoms with Crippen molar-refractivity contribution >= 4 is 29.7 Å². The molecule has 0 saturated carbocycles. The van der Waals surface area contributed by atoms with E-state index < -0.39 is 0 Å². The third-order valence-electron chi connectivity index (χ3n) is 8.15. The summed E-state index contributed by atoms with van der Waals surface area (Å²) in [5.74, 6) is 0.800. The van der Waals surface area contributed by atoms with Crippen LogP contribution in [-0.4, -0.2) is 86.4 Å². The van der Waals surface area contributed by atoms with E-state index in [1.165, 1.54) is 11.8 Å². The minimum Gasteiger partial charge on any atom is -0.354 e.